The first-order chi connectivity index (χ1) is 16.6. The van der Waals surface area contributed by atoms with Gasteiger partial charge >= 0.3 is 0 Å². The van der Waals surface area contributed by atoms with Crippen LogP contribution < -0.4 is 15.0 Å². The summed E-state index contributed by atoms with van der Waals surface area (Å²) in [5, 5.41) is 3.12. The molecule has 0 atom stereocenters. The Morgan fingerprint density at radius 3 is 2.53 bits per heavy atom. The van der Waals surface area contributed by atoms with Gasteiger partial charge in [-0.2, -0.15) is 0 Å². The van der Waals surface area contributed by atoms with Gasteiger partial charge in [0.2, 0.25) is 0 Å². The number of nitrogens with one attached hydrogen (secondary N) is 1. The summed E-state index contributed by atoms with van der Waals surface area (Å²) in [5.41, 5.74) is 3.82. The zero-order valence-electron chi connectivity index (χ0n) is 20.1. The van der Waals surface area contributed by atoms with Crippen molar-refractivity contribution in [2.75, 3.05) is 49.5 Å². The van der Waals surface area contributed by atoms with Crippen LogP contribution in [0.3, 0.4) is 0 Å². The Morgan fingerprint density at radius 2 is 1.76 bits per heavy atom. The van der Waals surface area contributed by atoms with Crippen LogP contribution in [0, 0.1) is 5.92 Å². The minimum atomic E-state index is -0.126. The van der Waals surface area contributed by atoms with Gasteiger partial charge in [0.15, 0.2) is 0 Å². The van der Waals surface area contributed by atoms with Crippen LogP contribution in [0.15, 0.2) is 73.1 Å². The summed E-state index contributed by atoms with van der Waals surface area (Å²) in [4.78, 5) is 22.0. The number of nitrogens with zero attached hydrogens (tertiary/aromatic N) is 3. The summed E-state index contributed by atoms with van der Waals surface area (Å²) >= 11 is 0. The second-order valence-corrected chi connectivity index (χ2v) is 9.14. The fourth-order valence-electron chi connectivity index (χ4n) is 4.09. The number of hydrogen-bond donors (Lipinski definition) is 1. The molecule has 0 radical (unpaired) electrons. The molecule has 1 aliphatic rings. The van der Waals surface area contributed by atoms with Gasteiger partial charge in [-0.1, -0.05) is 32.0 Å². The number of para-hydroxylation sites is 2. The lowest BCUT2D eigenvalue weighted by molar-refractivity contribution is 0.102. The smallest absolute Gasteiger partial charge is 0.255 e. The van der Waals surface area contributed by atoms with Crippen molar-refractivity contribution >= 4 is 17.3 Å². The van der Waals surface area contributed by atoms with Crippen molar-refractivity contribution in [3.63, 3.8) is 0 Å². The molecule has 1 amide bonds. The van der Waals surface area contributed by atoms with Crippen LogP contribution in [-0.2, 0) is 6.42 Å². The van der Waals surface area contributed by atoms with Crippen LogP contribution in [0.4, 0.5) is 11.4 Å². The van der Waals surface area contributed by atoms with E-state index in [0.29, 0.717) is 18.1 Å². The van der Waals surface area contributed by atoms with Gasteiger partial charge in [-0.05, 0) is 60.4 Å². The summed E-state index contributed by atoms with van der Waals surface area (Å²) in [7, 11) is 0. The third kappa shape index (κ3) is 6.58. The van der Waals surface area contributed by atoms with E-state index < -0.39 is 0 Å². The molecule has 1 fully saturated rings. The number of aromatic nitrogens is 1. The zero-order chi connectivity index (χ0) is 23.8. The molecule has 4 rings (SSSR count). The van der Waals surface area contributed by atoms with Gasteiger partial charge in [-0.15, -0.1) is 0 Å². The molecule has 2 heterocycles. The zero-order valence-corrected chi connectivity index (χ0v) is 20.1. The van der Waals surface area contributed by atoms with Gasteiger partial charge in [0.1, 0.15) is 5.75 Å². The molecule has 34 heavy (non-hydrogen) atoms. The first-order valence-corrected chi connectivity index (χ1v) is 12.1. The van der Waals surface area contributed by atoms with Crippen molar-refractivity contribution in [3.05, 3.63) is 84.2 Å². The van der Waals surface area contributed by atoms with Crippen molar-refractivity contribution in [2.24, 2.45) is 5.92 Å². The van der Waals surface area contributed by atoms with Crippen LogP contribution >= 0.6 is 0 Å². The molecule has 0 spiro atoms. The van der Waals surface area contributed by atoms with Crippen LogP contribution in [-0.4, -0.2) is 55.1 Å². The van der Waals surface area contributed by atoms with Crippen LogP contribution in [0.2, 0.25) is 0 Å². The van der Waals surface area contributed by atoms with Gasteiger partial charge in [-0.25, -0.2) is 0 Å². The van der Waals surface area contributed by atoms with Crippen molar-refractivity contribution in [1.29, 1.82) is 0 Å². The molecule has 178 valence electrons. The van der Waals surface area contributed by atoms with Crippen LogP contribution in [0.5, 0.6) is 5.75 Å². The number of amides is 1. The Kier molecular flexibility index (Phi) is 8.15. The summed E-state index contributed by atoms with van der Waals surface area (Å²) in [6, 6.07) is 19.6. The van der Waals surface area contributed by atoms with Crippen molar-refractivity contribution < 1.29 is 9.53 Å². The number of anilines is 2. The summed E-state index contributed by atoms with van der Waals surface area (Å²) in [5.74, 6) is 1.02. The molecule has 0 unspecified atom stereocenters. The first kappa shape index (κ1) is 23.8. The molecular formula is C28H34N4O2. The highest BCUT2D eigenvalue weighted by molar-refractivity contribution is 6.06. The Hall–Kier alpha value is -3.38. The number of rotatable bonds is 9. The monoisotopic (exact) mass is 458 g/mol. The number of hydrogen-bond acceptors (Lipinski definition) is 5. The average molecular weight is 459 g/mol. The highest BCUT2D eigenvalue weighted by Crippen LogP contribution is 2.27. The van der Waals surface area contributed by atoms with Gasteiger partial charge in [0.25, 0.3) is 5.91 Å². The molecule has 1 N–H and O–H groups in total. The average Bonchev–Trinajstić information content (AvgIpc) is 2.88. The van der Waals surface area contributed by atoms with Crippen LogP contribution in [0.1, 0.15) is 29.8 Å². The lowest BCUT2D eigenvalue weighted by atomic mass is 10.1. The molecule has 0 aliphatic carbocycles. The minimum Gasteiger partial charge on any atom is -0.493 e. The second kappa shape index (κ2) is 11.7. The summed E-state index contributed by atoms with van der Waals surface area (Å²) < 4.78 is 5.79. The molecule has 2 aromatic carbocycles. The number of pyridine rings is 1. The standard InChI is InChI=1S/C28H34N4O2/c1-22(2)21-34-25-7-5-6-24(20-25)28(33)30-26-8-3-4-9-27(26)32-18-16-31(17-19-32)15-12-23-10-13-29-14-11-23/h3-11,13-14,20,22H,12,15-19,21H2,1-2H3,(H,30,33). The Morgan fingerprint density at radius 1 is 1.00 bits per heavy atom. The number of carbonyl (C=O) groups excluding carboxylic acids is 1. The van der Waals surface area contributed by atoms with Crippen molar-refractivity contribution in [3.8, 4) is 5.75 Å². The van der Waals surface area contributed by atoms with E-state index >= 15 is 0 Å². The second-order valence-electron chi connectivity index (χ2n) is 9.14. The van der Waals surface area contributed by atoms with E-state index in [1.54, 1.807) is 0 Å². The molecule has 1 saturated heterocycles. The first-order valence-electron chi connectivity index (χ1n) is 12.1. The molecule has 3 aromatic rings. The van der Waals surface area contributed by atoms with E-state index in [4.69, 9.17) is 4.74 Å². The maximum absolute atomic E-state index is 13.0. The van der Waals surface area contributed by atoms with Crippen molar-refractivity contribution in [1.82, 2.24) is 9.88 Å². The Bertz CT molecular complexity index is 1060. The Labute approximate surface area is 202 Å². The highest BCUT2D eigenvalue weighted by atomic mass is 16.5. The molecular weight excluding hydrogens is 424 g/mol. The lowest BCUT2D eigenvalue weighted by Crippen LogP contribution is -2.47. The largest absolute Gasteiger partial charge is 0.493 e. The van der Waals surface area contributed by atoms with Gasteiger partial charge in [0.05, 0.1) is 18.0 Å². The van der Waals surface area contributed by atoms with E-state index in [2.05, 4.69) is 52.1 Å². The third-order valence-electron chi connectivity index (χ3n) is 6.01. The van der Waals surface area contributed by atoms with Crippen LogP contribution in [0.25, 0.3) is 0 Å². The molecule has 0 bridgehead atoms. The molecule has 1 aliphatic heterocycles. The molecule has 6 nitrogen and oxygen atoms in total. The number of ether oxygens (including phenoxy) is 1. The predicted octanol–water partition coefficient (Wildman–Crippen LogP) is 4.73. The number of carbonyl (C=O) groups is 1. The molecule has 1 aromatic heterocycles. The maximum Gasteiger partial charge on any atom is 0.255 e. The normalized spacial score (nSPS) is 14.3. The predicted molar refractivity (Wildman–Crippen MR) is 138 cm³/mol. The van der Waals surface area contributed by atoms with E-state index in [9.17, 15) is 4.79 Å². The third-order valence-corrected chi connectivity index (χ3v) is 6.01. The van der Waals surface area contributed by atoms with E-state index in [-0.39, 0.29) is 5.91 Å². The fourth-order valence-corrected chi connectivity index (χ4v) is 4.09. The number of piperazine rings is 1. The SMILES string of the molecule is CC(C)COc1cccc(C(=O)Nc2ccccc2N2CCN(CCc3ccncc3)CC2)c1. The summed E-state index contributed by atoms with van der Waals surface area (Å²) in [6.07, 6.45) is 4.75. The maximum atomic E-state index is 13.0. The quantitative estimate of drug-likeness (QED) is 0.502. The minimum absolute atomic E-state index is 0.126. The van der Waals surface area contributed by atoms with Gasteiger partial charge in [-0.3, -0.25) is 14.7 Å². The topological polar surface area (TPSA) is 57.7 Å². The number of benzene rings is 2. The van der Waals surface area contributed by atoms with Gasteiger partial charge < -0.3 is 15.0 Å². The molecule has 6 heteroatoms. The highest BCUT2D eigenvalue weighted by Gasteiger charge is 2.20. The molecule has 0 saturated carbocycles. The van der Waals surface area contributed by atoms with E-state index in [0.717, 1.165) is 56.3 Å². The van der Waals surface area contributed by atoms with Gasteiger partial charge in [0, 0.05) is 50.7 Å². The van der Waals surface area contributed by atoms with E-state index in [1.165, 1.54) is 5.56 Å². The van der Waals surface area contributed by atoms with E-state index in [1.807, 2.05) is 54.9 Å². The lowest BCUT2D eigenvalue weighted by Gasteiger charge is -2.37. The fraction of sp³-hybridized carbons (Fsp3) is 0.357. The Balaban J connectivity index is 1.35. The van der Waals surface area contributed by atoms with Crippen molar-refractivity contribution in [2.45, 2.75) is 20.3 Å². The summed E-state index contributed by atoms with van der Waals surface area (Å²) in [6.45, 7) is 9.76.